The van der Waals surface area contributed by atoms with Gasteiger partial charge in [-0.1, -0.05) is 35.9 Å². The van der Waals surface area contributed by atoms with Crippen LogP contribution < -0.4 is 10.6 Å². The van der Waals surface area contributed by atoms with Crippen molar-refractivity contribution in [1.29, 1.82) is 0 Å². The summed E-state index contributed by atoms with van der Waals surface area (Å²) in [4.78, 5) is 16.4. The minimum Gasteiger partial charge on any atom is -0.383 e. The molecular weight excluding hydrogens is 353 g/mol. The van der Waals surface area contributed by atoms with Gasteiger partial charge in [0, 0.05) is 24.0 Å². The van der Waals surface area contributed by atoms with Crippen LogP contribution in [-0.4, -0.2) is 17.4 Å². The van der Waals surface area contributed by atoms with Crippen LogP contribution in [0, 0.1) is 5.82 Å². The van der Waals surface area contributed by atoms with Crippen molar-refractivity contribution in [2.45, 2.75) is 6.42 Å². The first kappa shape index (κ1) is 17.9. The molecule has 1 amide bonds. The van der Waals surface area contributed by atoms with Crippen molar-refractivity contribution in [1.82, 2.24) is 4.98 Å². The van der Waals surface area contributed by atoms with Gasteiger partial charge in [-0.2, -0.15) is 0 Å². The van der Waals surface area contributed by atoms with Gasteiger partial charge in [0.15, 0.2) is 0 Å². The lowest BCUT2D eigenvalue weighted by Gasteiger charge is -2.09. The molecule has 4 nitrogen and oxygen atoms in total. The highest BCUT2D eigenvalue weighted by Gasteiger charge is 2.10. The van der Waals surface area contributed by atoms with Gasteiger partial charge in [-0.15, -0.1) is 0 Å². The Bertz CT molecular complexity index is 917. The van der Waals surface area contributed by atoms with E-state index in [0.29, 0.717) is 22.8 Å². The number of nitrogens with one attached hydrogen (secondary N) is 2. The smallest absolute Gasteiger partial charge is 0.257 e. The Kier molecular flexibility index (Phi) is 5.81. The summed E-state index contributed by atoms with van der Waals surface area (Å²) < 4.78 is 13.6. The molecule has 0 radical (unpaired) electrons. The number of pyridine rings is 1. The molecular formula is C20H17ClFN3O. The standard InChI is InChI=1S/C20H17ClFN3O/c21-16-5-3-4-14(10-16)8-9-24-17-11-15(12-23-13-17)20(26)25-19-7-2-1-6-18(19)22/h1-7,10-13,24H,8-9H2,(H,25,26). The van der Waals surface area contributed by atoms with E-state index in [4.69, 9.17) is 11.6 Å². The lowest BCUT2D eigenvalue weighted by Crippen LogP contribution is -2.14. The van der Waals surface area contributed by atoms with Crippen LogP contribution in [0.25, 0.3) is 0 Å². The third-order valence-corrected chi connectivity index (χ3v) is 3.99. The van der Waals surface area contributed by atoms with Gasteiger partial charge in [-0.05, 0) is 42.3 Å². The fourth-order valence-corrected chi connectivity index (χ4v) is 2.67. The zero-order valence-electron chi connectivity index (χ0n) is 13.9. The van der Waals surface area contributed by atoms with Gasteiger partial charge in [0.25, 0.3) is 5.91 Å². The van der Waals surface area contributed by atoms with E-state index in [1.54, 1.807) is 24.4 Å². The molecule has 1 aromatic heterocycles. The van der Waals surface area contributed by atoms with Crippen LogP contribution in [0.5, 0.6) is 0 Å². The zero-order valence-corrected chi connectivity index (χ0v) is 14.6. The fourth-order valence-electron chi connectivity index (χ4n) is 2.46. The summed E-state index contributed by atoms with van der Waals surface area (Å²) in [6, 6.07) is 15.4. The maximum atomic E-state index is 13.6. The van der Waals surface area contributed by atoms with Crippen molar-refractivity contribution in [3.63, 3.8) is 0 Å². The van der Waals surface area contributed by atoms with E-state index in [0.717, 1.165) is 12.0 Å². The van der Waals surface area contributed by atoms with Gasteiger partial charge in [0.05, 0.1) is 16.9 Å². The molecule has 0 fully saturated rings. The number of hydrogen-bond acceptors (Lipinski definition) is 3. The van der Waals surface area contributed by atoms with Gasteiger partial charge in [-0.25, -0.2) is 4.39 Å². The van der Waals surface area contributed by atoms with Crippen molar-refractivity contribution in [2.75, 3.05) is 17.2 Å². The molecule has 3 rings (SSSR count). The van der Waals surface area contributed by atoms with E-state index in [-0.39, 0.29) is 5.69 Å². The summed E-state index contributed by atoms with van der Waals surface area (Å²) in [6.07, 6.45) is 3.86. The van der Waals surface area contributed by atoms with Crippen LogP contribution in [0.2, 0.25) is 5.02 Å². The number of anilines is 2. The van der Waals surface area contributed by atoms with Crippen LogP contribution in [-0.2, 0) is 6.42 Å². The van der Waals surface area contributed by atoms with Crippen molar-refractivity contribution in [3.8, 4) is 0 Å². The Morgan fingerprint density at radius 1 is 1.08 bits per heavy atom. The Labute approximate surface area is 156 Å². The van der Waals surface area contributed by atoms with E-state index in [9.17, 15) is 9.18 Å². The first-order chi connectivity index (χ1) is 12.6. The molecule has 2 N–H and O–H groups in total. The van der Waals surface area contributed by atoms with E-state index < -0.39 is 11.7 Å². The first-order valence-corrected chi connectivity index (χ1v) is 8.49. The Hall–Kier alpha value is -2.92. The van der Waals surface area contributed by atoms with Crippen molar-refractivity contribution < 1.29 is 9.18 Å². The second kappa shape index (κ2) is 8.45. The maximum Gasteiger partial charge on any atom is 0.257 e. The van der Waals surface area contributed by atoms with Crippen molar-refractivity contribution >= 4 is 28.9 Å². The van der Waals surface area contributed by atoms with Crippen LogP contribution >= 0.6 is 11.6 Å². The number of benzene rings is 2. The highest BCUT2D eigenvalue weighted by molar-refractivity contribution is 6.30. The van der Waals surface area contributed by atoms with Gasteiger partial charge >= 0.3 is 0 Å². The number of rotatable bonds is 6. The largest absolute Gasteiger partial charge is 0.383 e. The van der Waals surface area contributed by atoms with Gasteiger partial charge < -0.3 is 10.6 Å². The lowest BCUT2D eigenvalue weighted by atomic mass is 10.1. The average Bonchev–Trinajstić information content (AvgIpc) is 2.64. The molecule has 1 heterocycles. The zero-order chi connectivity index (χ0) is 18.4. The van der Waals surface area contributed by atoms with Gasteiger partial charge in [0.2, 0.25) is 0 Å². The molecule has 0 bridgehead atoms. The molecule has 0 saturated carbocycles. The fraction of sp³-hybridized carbons (Fsp3) is 0.100. The summed E-state index contributed by atoms with van der Waals surface area (Å²) in [5.74, 6) is -0.897. The van der Waals surface area contributed by atoms with Crippen LogP contribution in [0.3, 0.4) is 0 Å². The van der Waals surface area contributed by atoms with Gasteiger partial charge in [-0.3, -0.25) is 9.78 Å². The number of nitrogens with zero attached hydrogens (tertiary/aromatic N) is 1. The summed E-state index contributed by atoms with van der Waals surface area (Å²) in [5, 5.41) is 6.47. The highest BCUT2D eigenvalue weighted by atomic mass is 35.5. The number of aromatic nitrogens is 1. The van der Waals surface area contributed by atoms with E-state index >= 15 is 0 Å². The average molecular weight is 370 g/mol. The normalized spacial score (nSPS) is 10.4. The van der Waals surface area contributed by atoms with E-state index in [1.807, 2.05) is 24.3 Å². The van der Waals surface area contributed by atoms with E-state index in [2.05, 4.69) is 15.6 Å². The quantitative estimate of drug-likeness (QED) is 0.657. The molecule has 0 aliphatic carbocycles. The van der Waals surface area contributed by atoms with Crippen molar-refractivity contribution in [3.05, 3.63) is 89.0 Å². The number of halogens is 2. The Morgan fingerprint density at radius 2 is 1.92 bits per heavy atom. The number of para-hydroxylation sites is 1. The molecule has 3 aromatic rings. The second-order valence-corrected chi connectivity index (χ2v) is 6.14. The minimum atomic E-state index is -0.482. The number of carbonyl (C=O) groups is 1. The number of hydrogen-bond donors (Lipinski definition) is 2. The van der Waals surface area contributed by atoms with Crippen molar-refractivity contribution in [2.24, 2.45) is 0 Å². The summed E-state index contributed by atoms with van der Waals surface area (Å²) >= 11 is 5.97. The molecule has 0 spiro atoms. The molecule has 0 atom stereocenters. The lowest BCUT2D eigenvalue weighted by molar-refractivity contribution is 0.102. The molecule has 0 aliphatic rings. The van der Waals surface area contributed by atoms with Crippen LogP contribution in [0.1, 0.15) is 15.9 Å². The third-order valence-electron chi connectivity index (χ3n) is 3.75. The SMILES string of the molecule is O=C(Nc1ccccc1F)c1cncc(NCCc2cccc(Cl)c2)c1. The Morgan fingerprint density at radius 3 is 2.73 bits per heavy atom. The van der Waals surface area contributed by atoms with Gasteiger partial charge in [0.1, 0.15) is 5.82 Å². The summed E-state index contributed by atoms with van der Waals surface area (Å²) in [5.41, 5.74) is 2.32. The third kappa shape index (κ3) is 4.80. The predicted molar refractivity (Wildman–Crippen MR) is 102 cm³/mol. The molecule has 0 unspecified atom stereocenters. The van der Waals surface area contributed by atoms with Crippen LogP contribution in [0.4, 0.5) is 15.8 Å². The minimum absolute atomic E-state index is 0.136. The number of carbonyl (C=O) groups excluding carboxylic acids is 1. The summed E-state index contributed by atoms with van der Waals surface area (Å²) in [6.45, 7) is 0.667. The van der Waals surface area contributed by atoms with E-state index in [1.165, 1.54) is 18.3 Å². The molecule has 0 aliphatic heterocycles. The predicted octanol–water partition coefficient (Wildman–Crippen LogP) is 4.78. The molecule has 2 aromatic carbocycles. The first-order valence-electron chi connectivity index (χ1n) is 8.11. The maximum absolute atomic E-state index is 13.6. The number of amides is 1. The summed E-state index contributed by atoms with van der Waals surface area (Å²) in [7, 11) is 0. The van der Waals surface area contributed by atoms with Crippen LogP contribution in [0.15, 0.2) is 67.0 Å². The Balaban J connectivity index is 1.60. The molecule has 0 saturated heterocycles. The second-order valence-electron chi connectivity index (χ2n) is 5.70. The monoisotopic (exact) mass is 369 g/mol. The highest BCUT2D eigenvalue weighted by Crippen LogP contribution is 2.16. The molecule has 132 valence electrons. The molecule has 6 heteroatoms. The molecule has 26 heavy (non-hydrogen) atoms. The topological polar surface area (TPSA) is 54.0 Å².